The number of benzene rings is 2. The van der Waals surface area contributed by atoms with Crippen LogP contribution in [0.15, 0.2) is 48.5 Å². The zero-order valence-corrected chi connectivity index (χ0v) is 27.1. The lowest BCUT2D eigenvalue weighted by atomic mass is 10.0. The molecule has 226 valence electrons. The first-order valence-corrected chi connectivity index (χ1v) is 17.3. The molecular formula is C38H64N2. The van der Waals surface area contributed by atoms with Gasteiger partial charge in [-0.1, -0.05) is 141 Å². The quantitative estimate of drug-likeness (QED) is 0.114. The third-order valence-corrected chi connectivity index (χ3v) is 8.31. The summed E-state index contributed by atoms with van der Waals surface area (Å²) in [5, 5.41) is 0. The lowest BCUT2D eigenvalue weighted by Gasteiger charge is -2.23. The molecule has 0 aromatic heterocycles. The van der Waals surface area contributed by atoms with Crippen molar-refractivity contribution in [2.45, 2.75) is 144 Å². The van der Waals surface area contributed by atoms with Gasteiger partial charge < -0.3 is 0 Å². The Morgan fingerprint density at radius 3 is 1.15 bits per heavy atom. The van der Waals surface area contributed by atoms with E-state index in [-0.39, 0.29) is 0 Å². The molecule has 0 aliphatic rings. The smallest absolute Gasteiger partial charge is 0.0233 e. The molecule has 0 fully saturated rings. The van der Waals surface area contributed by atoms with Gasteiger partial charge in [0.2, 0.25) is 0 Å². The van der Waals surface area contributed by atoms with Crippen LogP contribution in [0.3, 0.4) is 0 Å². The Bertz CT molecular complexity index is 789. The van der Waals surface area contributed by atoms with E-state index in [0.29, 0.717) is 0 Å². The topological polar surface area (TPSA) is 6.48 Å². The Morgan fingerprint density at radius 1 is 0.400 bits per heavy atom. The third kappa shape index (κ3) is 15.4. The molecule has 0 atom stereocenters. The van der Waals surface area contributed by atoms with Crippen LogP contribution in [0.25, 0.3) is 11.1 Å². The Balaban J connectivity index is 1.99. The molecule has 0 spiro atoms. The van der Waals surface area contributed by atoms with Crippen LogP contribution in [0.5, 0.6) is 0 Å². The van der Waals surface area contributed by atoms with E-state index in [9.17, 15) is 0 Å². The maximum Gasteiger partial charge on any atom is 0.0233 e. The number of unbranched alkanes of at least 4 members (excludes halogenated alkanes) is 12. The summed E-state index contributed by atoms with van der Waals surface area (Å²) in [5.74, 6) is 0. The molecule has 40 heavy (non-hydrogen) atoms. The molecule has 0 aliphatic carbocycles. The lowest BCUT2D eigenvalue weighted by Crippen LogP contribution is -2.25. The molecule has 0 heterocycles. The van der Waals surface area contributed by atoms with Crippen molar-refractivity contribution in [1.29, 1.82) is 0 Å². The first-order chi connectivity index (χ1) is 19.7. The Morgan fingerprint density at radius 2 is 0.750 bits per heavy atom. The van der Waals surface area contributed by atoms with Crippen LogP contribution < -0.4 is 0 Å². The van der Waals surface area contributed by atoms with E-state index in [1.54, 1.807) is 0 Å². The van der Waals surface area contributed by atoms with Gasteiger partial charge in [-0.3, -0.25) is 9.80 Å². The summed E-state index contributed by atoms with van der Waals surface area (Å²) in [5.41, 5.74) is 5.64. The van der Waals surface area contributed by atoms with Gasteiger partial charge in [-0.05, 0) is 86.2 Å². The largest absolute Gasteiger partial charge is 0.299 e. The van der Waals surface area contributed by atoms with Gasteiger partial charge in [0, 0.05) is 13.1 Å². The lowest BCUT2D eigenvalue weighted by molar-refractivity contribution is 0.254. The number of hydrogen-bond acceptors (Lipinski definition) is 2. The van der Waals surface area contributed by atoms with Crippen LogP contribution in [-0.4, -0.2) is 36.0 Å². The second-order valence-electron chi connectivity index (χ2n) is 12.2. The Hall–Kier alpha value is -1.64. The normalized spacial score (nSPS) is 11.7. The minimum absolute atomic E-state index is 1.07. The average Bonchev–Trinajstić information content (AvgIpc) is 2.98. The van der Waals surface area contributed by atoms with E-state index < -0.39 is 0 Å². The summed E-state index contributed by atoms with van der Waals surface area (Å²) < 4.78 is 0. The summed E-state index contributed by atoms with van der Waals surface area (Å²) in [6.07, 6.45) is 21.6. The first-order valence-electron chi connectivity index (χ1n) is 17.3. The summed E-state index contributed by atoms with van der Waals surface area (Å²) in [4.78, 5) is 5.40. The van der Waals surface area contributed by atoms with Crippen LogP contribution in [-0.2, 0) is 13.1 Å². The second-order valence-corrected chi connectivity index (χ2v) is 12.2. The van der Waals surface area contributed by atoms with E-state index in [4.69, 9.17) is 0 Å². The molecule has 0 aliphatic heterocycles. The predicted molar refractivity (Wildman–Crippen MR) is 179 cm³/mol. The molecule has 0 saturated heterocycles. The second kappa shape index (κ2) is 23.0. The van der Waals surface area contributed by atoms with Crippen molar-refractivity contribution in [3.8, 4) is 11.1 Å². The fraction of sp³-hybridized carbons (Fsp3) is 0.684. The zero-order valence-electron chi connectivity index (χ0n) is 27.1. The SMILES string of the molecule is CCCCCCCCN(CCCC)Cc1cccc(-c2cccc(CN(CCCC)CCCCCCCC)c2)c1. The van der Waals surface area contributed by atoms with Crippen molar-refractivity contribution in [3.63, 3.8) is 0 Å². The number of hydrogen-bond donors (Lipinski definition) is 0. The van der Waals surface area contributed by atoms with E-state index in [0.717, 1.165) is 13.1 Å². The molecule has 2 nitrogen and oxygen atoms in total. The fourth-order valence-corrected chi connectivity index (χ4v) is 5.75. The van der Waals surface area contributed by atoms with Crippen molar-refractivity contribution >= 4 is 0 Å². The van der Waals surface area contributed by atoms with Gasteiger partial charge in [0.05, 0.1) is 0 Å². The number of nitrogens with zero attached hydrogens (tertiary/aromatic N) is 2. The van der Waals surface area contributed by atoms with Gasteiger partial charge >= 0.3 is 0 Å². The highest BCUT2D eigenvalue weighted by atomic mass is 15.1. The fourth-order valence-electron chi connectivity index (χ4n) is 5.75. The Kier molecular flexibility index (Phi) is 19.9. The molecule has 2 rings (SSSR count). The molecule has 0 unspecified atom stereocenters. The molecule has 0 amide bonds. The first kappa shape index (κ1) is 34.6. The van der Waals surface area contributed by atoms with Gasteiger partial charge in [0.1, 0.15) is 0 Å². The third-order valence-electron chi connectivity index (χ3n) is 8.31. The van der Waals surface area contributed by atoms with Gasteiger partial charge in [-0.15, -0.1) is 0 Å². The highest BCUT2D eigenvalue weighted by Gasteiger charge is 2.10. The molecule has 0 saturated carbocycles. The summed E-state index contributed by atoms with van der Waals surface area (Å²) in [6, 6.07) is 18.7. The van der Waals surface area contributed by atoms with E-state index in [1.807, 2.05) is 0 Å². The van der Waals surface area contributed by atoms with Crippen LogP contribution >= 0.6 is 0 Å². The summed E-state index contributed by atoms with van der Waals surface area (Å²) in [6.45, 7) is 16.3. The Labute approximate surface area is 249 Å². The van der Waals surface area contributed by atoms with Gasteiger partial charge in [-0.2, -0.15) is 0 Å². The molecular weight excluding hydrogens is 484 g/mol. The van der Waals surface area contributed by atoms with Gasteiger partial charge in [0.25, 0.3) is 0 Å². The predicted octanol–water partition coefficient (Wildman–Crippen LogP) is 11.3. The highest BCUT2D eigenvalue weighted by molar-refractivity contribution is 5.65. The molecule has 2 aromatic rings. The van der Waals surface area contributed by atoms with Crippen molar-refractivity contribution in [2.24, 2.45) is 0 Å². The van der Waals surface area contributed by atoms with Crippen LogP contribution in [0.4, 0.5) is 0 Å². The van der Waals surface area contributed by atoms with Crippen molar-refractivity contribution in [2.75, 3.05) is 26.2 Å². The summed E-state index contributed by atoms with van der Waals surface area (Å²) in [7, 11) is 0. The van der Waals surface area contributed by atoms with Gasteiger partial charge in [0.15, 0.2) is 0 Å². The summed E-state index contributed by atoms with van der Waals surface area (Å²) >= 11 is 0. The molecule has 0 bridgehead atoms. The zero-order chi connectivity index (χ0) is 28.7. The van der Waals surface area contributed by atoms with Crippen LogP contribution in [0.1, 0.15) is 142 Å². The van der Waals surface area contributed by atoms with Crippen LogP contribution in [0.2, 0.25) is 0 Å². The standard InChI is InChI=1S/C38H64N2/c1-5-9-13-15-17-19-29-39(27-11-7-3)33-35-23-21-25-37(31-35)38-26-22-24-36(32-38)34-40(28-12-8-4)30-20-18-16-14-10-6-2/h21-26,31-32H,5-20,27-30,33-34H2,1-4H3. The maximum absolute atomic E-state index is 2.70. The van der Waals surface area contributed by atoms with Gasteiger partial charge in [-0.25, -0.2) is 0 Å². The monoisotopic (exact) mass is 549 g/mol. The maximum atomic E-state index is 2.70. The average molecular weight is 549 g/mol. The van der Waals surface area contributed by atoms with E-state index in [1.165, 1.54) is 151 Å². The van der Waals surface area contributed by atoms with E-state index >= 15 is 0 Å². The molecule has 2 heteroatoms. The molecule has 0 N–H and O–H groups in total. The van der Waals surface area contributed by atoms with Crippen molar-refractivity contribution < 1.29 is 0 Å². The number of rotatable bonds is 25. The van der Waals surface area contributed by atoms with Crippen molar-refractivity contribution in [1.82, 2.24) is 9.80 Å². The van der Waals surface area contributed by atoms with E-state index in [2.05, 4.69) is 86.0 Å². The minimum Gasteiger partial charge on any atom is -0.299 e. The van der Waals surface area contributed by atoms with Crippen molar-refractivity contribution in [3.05, 3.63) is 59.7 Å². The molecule has 2 aromatic carbocycles. The molecule has 0 radical (unpaired) electrons. The van der Waals surface area contributed by atoms with Crippen LogP contribution in [0, 0.1) is 0 Å². The highest BCUT2D eigenvalue weighted by Crippen LogP contribution is 2.24. The minimum atomic E-state index is 1.07.